The van der Waals surface area contributed by atoms with Crippen LogP contribution in [0.5, 0.6) is 0 Å². The molecule has 0 spiro atoms. The second-order valence-corrected chi connectivity index (χ2v) is 9.54. The third kappa shape index (κ3) is 3.93. The second-order valence-electron chi connectivity index (χ2n) is 9.54. The van der Waals surface area contributed by atoms with Gasteiger partial charge in [-0.3, -0.25) is 0 Å². The van der Waals surface area contributed by atoms with Gasteiger partial charge in [0.15, 0.2) is 0 Å². The standard InChI is InChI=1S/C36H26N2/c1-3-10-26(11-4-1)27-18-22-29(23-19-27)37-30-24-20-28(21-25-30)32-15-9-16-34-33-14-7-8-17-35(33)38(36(32)34)31-12-5-2-6-13-31/h1-25,37H. The van der Waals surface area contributed by atoms with Crippen molar-refractivity contribution in [2.24, 2.45) is 0 Å². The third-order valence-electron chi connectivity index (χ3n) is 7.19. The number of anilines is 2. The maximum atomic E-state index is 3.55. The summed E-state index contributed by atoms with van der Waals surface area (Å²) in [5.74, 6) is 0. The van der Waals surface area contributed by atoms with E-state index < -0.39 is 0 Å². The Kier molecular flexibility index (Phi) is 5.49. The molecule has 7 aromatic rings. The number of aromatic nitrogens is 1. The Morgan fingerprint density at radius 1 is 0.395 bits per heavy atom. The molecule has 0 saturated carbocycles. The van der Waals surface area contributed by atoms with Crippen LogP contribution in [0.25, 0.3) is 49.7 Å². The van der Waals surface area contributed by atoms with E-state index in [9.17, 15) is 0 Å². The molecule has 1 aromatic heterocycles. The highest BCUT2D eigenvalue weighted by Crippen LogP contribution is 2.38. The van der Waals surface area contributed by atoms with Gasteiger partial charge in [-0.1, -0.05) is 109 Å². The predicted molar refractivity (Wildman–Crippen MR) is 161 cm³/mol. The molecule has 1 N–H and O–H groups in total. The largest absolute Gasteiger partial charge is 0.356 e. The normalized spacial score (nSPS) is 11.2. The molecule has 7 rings (SSSR count). The smallest absolute Gasteiger partial charge is 0.0619 e. The van der Waals surface area contributed by atoms with Crippen LogP contribution < -0.4 is 5.32 Å². The Morgan fingerprint density at radius 3 is 1.66 bits per heavy atom. The van der Waals surface area contributed by atoms with Crippen molar-refractivity contribution in [1.82, 2.24) is 4.57 Å². The molecular weight excluding hydrogens is 460 g/mol. The Balaban J connectivity index is 1.25. The van der Waals surface area contributed by atoms with Crippen LogP contribution in [0.1, 0.15) is 0 Å². The van der Waals surface area contributed by atoms with Crippen molar-refractivity contribution in [3.63, 3.8) is 0 Å². The first-order chi connectivity index (χ1) is 18.8. The number of fused-ring (bicyclic) bond motifs is 3. The van der Waals surface area contributed by atoms with E-state index in [4.69, 9.17) is 0 Å². The van der Waals surface area contributed by atoms with Crippen molar-refractivity contribution in [2.45, 2.75) is 0 Å². The van der Waals surface area contributed by atoms with Crippen LogP contribution in [0.3, 0.4) is 0 Å². The van der Waals surface area contributed by atoms with Crippen molar-refractivity contribution in [3.8, 4) is 27.9 Å². The lowest BCUT2D eigenvalue weighted by molar-refractivity contribution is 1.18. The molecule has 0 unspecified atom stereocenters. The maximum absolute atomic E-state index is 3.55. The zero-order valence-electron chi connectivity index (χ0n) is 20.9. The lowest BCUT2D eigenvalue weighted by Crippen LogP contribution is -1.95. The number of benzene rings is 6. The van der Waals surface area contributed by atoms with E-state index in [2.05, 4.69) is 155 Å². The van der Waals surface area contributed by atoms with Crippen LogP contribution in [0.2, 0.25) is 0 Å². The summed E-state index contributed by atoms with van der Waals surface area (Å²) in [7, 11) is 0. The van der Waals surface area contributed by atoms with Crippen LogP contribution in [-0.4, -0.2) is 4.57 Å². The molecule has 0 aliphatic carbocycles. The zero-order chi connectivity index (χ0) is 25.3. The number of hydrogen-bond acceptors (Lipinski definition) is 1. The van der Waals surface area contributed by atoms with E-state index in [1.807, 2.05) is 6.07 Å². The first-order valence-electron chi connectivity index (χ1n) is 13.0. The lowest BCUT2D eigenvalue weighted by Gasteiger charge is -2.13. The summed E-state index contributed by atoms with van der Waals surface area (Å²) in [6.45, 7) is 0. The molecule has 38 heavy (non-hydrogen) atoms. The molecule has 2 heteroatoms. The highest BCUT2D eigenvalue weighted by atomic mass is 15.0. The van der Waals surface area contributed by atoms with Gasteiger partial charge in [0.1, 0.15) is 0 Å². The number of rotatable bonds is 5. The van der Waals surface area contributed by atoms with Crippen LogP contribution in [0.15, 0.2) is 152 Å². The van der Waals surface area contributed by atoms with Crippen LogP contribution in [0, 0.1) is 0 Å². The van der Waals surface area contributed by atoms with Gasteiger partial charge in [0.25, 0.3) is 0 Å². The molecule has 0 fully saturated rings. The summed E-state index contributed by atoms with van der Waals surface area (Å²) in [6, 6.07) is 53.7. The molecule has 180 valence electrons. The van der Waals surface area contributed by atoms with Gasteiger partial charge in [0, 0.05) is 33.4 Å². The van der Waals surface area contributed by atoms with Crippen molar-refractivity contribution >= 4 is 33.2 Å². The predicted octanol–water partition coefficient (Wildman–Crippen LogP) is 9.86. The minimum atomic E-state index is 1.07. The van der Waals surface area contributed by atoms with Crippen molar-refractivity contribution in [3.05, 3.63) is 152 Å². The van der Waals surface area contributed by atoms with Crippen molar-refractivity contribution < 1.29 is 0 Å². The summed E-state index contributed by atoms with van der Waals surface area (Å²) in [5.41, 5.74) is 10.6. The molecule has 0 aliphatic heterocycles. The van der Waals surface area contributed by atoms with Crippen LogP contribution in [0.4, 0.5) is 11.4 Å². The van der Waals surface area contributed by atoms with Gasteiger partial charge >= 0.3 is 0 Å². The average molecular weight is 487 g/mol. The van der Waals surface area contributed by atoms with Crippen molar-refractivity contribution in [2.75, 3.05) is 5.32 Å². The molecular formula is C36H26N2. The summed E-state index contributed by atoms with van der Waals surface area (Å²) < 4.78 is 2.39. The molecule has 0 amide bonds. The lowest BCUT2D eigenvalue weighted by atomic mass is 10.0. The quantitative estimate of drug-likeness (QED) is 0.256. The maximum Gasteiger partial charge on any atom is 0.0619 e. The molecule has 6 aromatic carbocycles. The fourth-order valence-electron chi connectivity index (χ4n) is 5.37. The van der Waals surface area contributed by atoms with Gasteiger partial charge in [-0.05, 0) is 59.2 Å². The van der Waals surface area contributed by atoms with Gasteiger partial charge < -0.3 is 9.88 Å². The van der Waals surface area contributed by atoms with E-state index in [0.29, 0.717) is 0 Å². The Hall–Kier alpha value is -5.08. The van der Waals surface area contributed by atoms with E-state index in [-0.39, 0.29) is 0 Å². The molecule has 0 aliphatic rings. The minimum absolute atomic E-state index is 1.07. The Bertz CT molecular complexity index is 1850. The van der Waals surface area contributed by atoms with E-state index in [1.165, 1.54) is 49.7 Å². The van der Waals surface area contributed by atoms with Gasteiger partial charge in [-0.2, -0.15) is 0 Å². The summed E-state index contributed by atoms with van der Waals surface area (Å²) >= 11 is 0. The first-order valence-corrected chi connectivity index (χ1v) is 13.0. The average Bonchev–Trinajstić information content (AvgIpc) is 3.34. The monoisotopic (exact) mass is 486 g/mol. The molecule has 0 atom stereocenters. The molecule has 1 heterocycles. The molecule has 2 nitrogen and oxygen atoms in total. The zero-order valence-corrected chi connectivity index (χ0v) is 20.9. The minimum Gasteiger partial charge on any atom is -0.356 e. The van der Waals surface area contributed by atoms with Gasteiger partial charge in [0.05, 0.1) is 11.0 Å². The highest BCUT2D eigenvalue weighted by molar-refractivity contribution is 6.13. The van der Waals surface area contributed by atoms with Crippen molar-refractivity contribution in [1.29, 1.82) is 0 Å². The fraction of sp³-hybridized carbons (Fsp3) is 0. The van der Waals surface area contributed by atoms with E-state index in [1.54, 1.807) is 0 Å². The fourth-order valence-corrected chi connectivity index (χ4v) is 5.37. The molecule has 0 saturated heterocycles. The Morgan fingerprint density at radius 2 is 0.947 bits per heavy atom. The van der Waals surface area contributed by atoms with Gasteiger partial charge in [-0.15, -0.1) is 0 Å². The number of para-hydroxylation sites is 3. The molecule has 0 bridgehead atoms. The highest BCUT2D eigenvalue weighted by Gasteiger charge is 2.15. The summed E-state index contributed by atoms with van der Waals surface area (Å²) in [6.07, 6.45) is 0. The number of nitrogens with one attached hydrogen (secondary N) is 1. The summed E-state index contributed by atoms with van der Waals surface area (Å²) in [5, 5.41) is 6.09. The van der Waals surface area contributed by atoms with Gasteiger partial charge in [-0.25, -0.2) is 0 Å². The second kappa shape index (κ2) is 9.42. The first kappa shape index (κ1) is 22.1. The molecule has 0 radical (unpaired) electrons. The SMILES string of the molecule is c1ccc(-c2ccc(Nc3ccc(-c4cccc5c6ccccc6n(-c6ccccc6)c45)cc3)cc2)cc1. The topological polar surface area (TPSA) is 17.0 Å². The third-order valence-corrected chi connectivity index (χ3v) is 7.19. The van der Waals surface area contributed by atoms with E-state index >= 15 is 0 Å². The van der Waals surface area contributed by atoms with Crippen LogP contribution >= 0.6 is 0 Å². The summed E-state index contributed by atoms with van der Waals surface area (Å²) in [4.78, 5) is 0. The van der Waals surface area contributed by atoms with Crippen LogP contribution in [-0.2, 0) is 0 Å². The number of hydrogen-bond donors (Lipinski definition) is 1. The van der Waals surface area contributed by atoms with Gasteiger partial charge in [0.2, 0.25) is 0 Å². The Labute approximate surface area is 222 Å². The van der Waals surface area contributed by atoms with E-state index in [0.717, 1.165) is 11.4 Å². The number of nitrogens with zero attached hydrogens (tertiary/aromatic N) is 1.